The summed E-state index contributed by atoms with van der Waals surface area (Å²) in [6, 6.07) is 15.9. The highest BCUT2D eigenvalue weighted by Crippen LogP contribution is 2.65. The molecule has 0 spiro atoms. The summed E-state index contributed by atoms with van der Waals surface area (Å²) in [6.45, 7) is 4.35. The van der Waals surface area contributed by atoms with Crippen molar-refractivity contribution in [1.82, 2.24) is 0 Å². The Hall–Kier alpha value is -1.87. The lowest BCUT2D eigenvalue weighted by Crippen LogP contribution is -2.49. The van der Waals surface area contributed by atoms with E-state index in [1.165, 1.54) is 5.56 Å². The number of hydrogen-bond acceptors (Lipinski definition) is 2. The number of hydrogen-bond donors (Lipinski definition) is 2. The van der Waals surface area contributed by atoms with Crippen LogP contribution in [0.5, 0.6) is 5.75 Å². The van der Waals surface area contributed by atoms with Crippen molar-refractivity contribution in [2.75, 3.05) is 0 Å². The second kappa shape index (κ2) is 6.32. The molecule has 2 aromatic carbocycles. The van der Waals surface area contributed by atoms with Gasteiger partial charge in [-0.1, -0.05) is 50.2 Å². The smallest absolute Gasteiger partial charge is 0.115 e. The molecule has 2 aromatic rings. The van der Waals surface area contributed by atoms with Gasteiger partial charge in [0.05, 0.1) is 6.10 Å². The van der Waals surface area contributed by atoms with Crippen molar-refractivity contribution in [2.45, 2.75) is 57.2 Å². The van der Waals surface area contributed by atoms with Gasteiger partial charge in [0, 0.05) is 5.92 Å². The largest absolute Gasteiger partial charge is 0.508 e. The standard InChI is InChI=1S/C25H29FO2/c1-14-21(28)13-25(2)12-20(26)22-18-9-8-17(27)10-16(18)11-19(23(22)24(14)25)15-6-4-3-5-7-15/h3-10,14,19-24,27-28H,11-13H2,1-2H3/t14-,19-,20-,21+,22-,23+,24-,25+/m0/s1. The van der Waals surface area contributed by atoms with Crippen LogP contribution in [0.15, 0.2) is 48.5 Å². The summed E-state index contributed by atoms with van der Waals surface area (Å²) >= 11 is 0. The Kier molecular flexibility index (Phi) is 4.10. The number of aliphatic hydroxyl groups excluding tert-OH is 1. The van der Waals surface area contributed by atoms with Gasteiger partial charge in [0.25, 0.3) is 0 Å². The Labute approximate surface area is 166 Å². The summed E-state index contributed by atoms with van der Waals surface area (Å²) in [7, 11) is 0. The highest BCUT2D eigenvalue weighted by molar-refractivity contribution is 5.44. The van der Waals surface area contributed by atoms with Crippen molar-refractivity contribution >= 4 is 0 Å². The van der Waals surface area contributed by atoms with Crippen molar-refractivity contribution in [3.63, 3.8) is 0 Å². The lowest BCUT2D eigenvalue weighted by atomic mass is 9.50. The molecule has 0 bridgehead atoms. The van der Waals surface area contributed by atoms with Crippen molar-refractivity contribution in [2.24, 2.45) is 23.2 Å². The zero-order valence-corrected chi connectivity index (χ0v) is 16.6. The molecule has 2 fully saturated rings. The molecule has 0 saturated heterocycles. The van der Waals surface area contributed by atoms with Gasteiger partial charge in [0.15, 0.2) is 0 Å². The van der Waals surface area contributed by atoms with Crippen molar-refractivity contribution in [3.8, 4) is 5.75 Å². The Morgan fingerprint density at radius 3 is 2.57 bits per heavy atom. The zero-order chi connectivity index (χ0) is 19.6. The van der Waals surface area contributed by atoms with Crippen LogP contribution in [0.2, 0.25) is 0 Å². The minimum Gasteiger partial charge on any atom is -0.508 e. The van der Waals surface area contributed by atoms with Crippen molar-refractivity contribution < 1.29 is 14.6 Å². The molecule has 3 aliphatic rings. The molecular weight excluding hydrogens is 351 g/mol. The van der Waals surface area contributed by atoms with E-state index in [0.717, 1.165) is 17.5 Å². The number of aliphatic hydroxyl groups is 1. The average Bonchev–Trinajstić information content (AvgIpc) is 2.89. The Bertz CT molecular complexity index is 881. The van der Waals surface area contributed by atoms with Gasteiger partial charge >= 0.3 is 0 Å². The number of fused-ring (bicyclic) bond motifs is 5. The van der Waals surface area contributed by atoms with E-state index in [-0.39, 0.29) is 40.9 Å². The number of benzene rings is 2. The predicted octanol–water partition coefficient (Wildman–Crippen LogP) is 5.20. The molecule has 0 unspecified atom stereocenters. The van der Waals surface area contributed by atoms with Gasteiger partial charge in [0.1, 0.15) is 11.9 Å². The molecule has 5 rings (SSSR count). The lowest BCUT2D eigenvalue weighted by molar-refractivity contribution is -0.0235. The first-order chi connectivity index (χ1) is 13.4. The fraction of sp³-hybridized carbons (Fsp3) is 0.520. The van der Waals surface area contributed by atoms with Gasteiger partial charge in [-0.05, 0) is 77.2 Å². The van der Waals surface area contributed by atoms with E-state index in [4.69, 9.17) is 0 Å². The minimum absolute atomic E-state index is 0.152. The van der Waals surface area contributed by atoms with Crippen LogP contribution in [0.1, 0.15) is 55.2 Å². The maximum atomic E-state index is 15.8. The highest BCUT2D eigenvalue weighted by Gasteiger charge is 2.61. The van der Waals surface area contributed by atoms with Crippen molar-refractivity contribution in [1.29, 1.82) is 0 Å². The summed E-state index contributed by atoms with van der Waals surface area (Å²) in [5, 5.41) is 20.8. The van der Waals surface area contributed by atoms with E-state index in [2.05, 4.69) is 38.1 Å². The molecule has 0 heterocycles. The minimum atomic E-state index is -0.918. The number of phenols is 1. The maximum Gasteiger partial charge on any atom is 0.115 e. The molecular formula is C25H29FO2. The molecule has 148 valence electrons. The third-order valence-corrected chi connectivity index (χ3v) is 8.15. The van der Waals surface area contributed by atoms with Crippen LogP contribution in [-0.4, -0.2) is 22.5 Å². The predicted molar refractivity (Wildman–Crippen MR) is 108 cm³/mol. The summed E-state index contributed by atoms with van der Waals surface area (Å²) < 4.78 is 15.8. The van der Waals surface area contributed by atoms with Crippen LogP contribution in [-0.2, 0) is 6.42 Å². The van der Waals surface area contributed by atoms with E-state index >= 15 is 4.39 Å². The molecule has 0 amide bonds. The monoisotopic (exact) mass is 380 g/mol. The number of rotatable bonds is 1. The average molecular weight is 381 g/mol. The SMILES string of the molecule is C[C@@H]1[C@H]2[C@H]3[C@@H](c4ccc(O)cc4C[C@H]3c3ccccc3)[C@@H](F)C[C@]2(C)C[C@H]1O. The van der Waals surface area contributed by atoms with E-state index in [0.29, 0.717) is 18.8 Å². The molecule has 0 aliphatic heterocycles. The van der Waals surface area contributed by atoms with Gasteiger partial charge < -0.3 is 10.2 Å². The van der Waals surface area contributed by atoms with E-state index in [9.17, 15) is 10.2 Å². The molecule has 28 heavy (non-hydrogen) atoms. The fourth-order valence-electron chi connectivity index (χ4n) is 7.16. The number of alkyl halides is 1. The topological polar surface area (TPSA) is 40.5 Å². The molecule has 2 saturated carbocycles. The zero-order valence-electron chi connectivity index (χ0n) is 16.6. The number of phenolic OH excluding ortho intramolecular Hbond substituents is 1. The second-order valence-electron chi connectivity index (χ2n) is 9.74. The quantitative estimate of drug-likeness (QED) is 0.714. The Morgan fingerprint density at radius 1 is 1.07 bits per heavy atom. The summed E-state index contributed by atoms with van der Waals surface area (Å²) in [4.78, 5) is 0. The van der Waals surface area contributed by atoms with Crippen LogP contribution in [0, 0.1) is 23.2 Å². The van der Waals surface area contributed by atoms with E-state index in [1.807, 2.05) is 18.2 Å². The molecule has 2 nitrogen and oxygen atoms in total. The molecule has 2 N–H and O–H groups in total. The second-order valence-corrected chi connectivity index (χ2v) is 9.74. The van der Waals surface area contributed by atoms with Gasteiger partial charge in [-0.3, -0.25) is 0 Å². The van der Waals surface area contributed by atoms with Crippen LogP contribution in [0.4, 0.5) is 4.39 Å². The number of halogens is 1. The number of aromatic hydroxyl groups is 1. The van der Waals surface area contributed by atoms with E-state index < -0.39 is 6.17 Å². The lowest BCUT2D eigenvalue weighted by Gasteiger charge is -2.54. The van der Waals surface area contributed by atoms with Gasteiger partial charge in [-0.25, -0.2) is 4.39 Å². The summed E-state index contributed by atoms with van der Waals surface area (Å²) in [5.41, 5.74) is 3.24. The normalized spacial score (nSPS) is 41.8. The first-order valence-corrected chi connectivity index (χ1v) is 10.6. The third-order valence-electron chi connectivity index (χ3n) is 8.15. The summed E-state index contributed by atoms with van der Waals surface area (Å²) in [5.74, 6) is 0.933. The van der Waals surface area contributed by atoms with E-state index in [1.54, 1.807) is 6.07 Å². The van der Waals surface area contributed by atoms with Gasteiger partial charge in [0.2, 0.25) is 0 Å². The molecule has 0 radical (unpaired) electrons. The van der Waals surface area contributed by atoms with Crippen molar-refractivity contribution in [3.05, 3.63) is 65.2 Å². The highest BCUT2D eigenvalue weighted by atomic mass is 19.1. The summed E-state index contributed by atoms with van der Waals surface area (Å²) in [6.07, 6.45) is 0.767. The Balaban J connectivity index is 1.70. The van der Waals surface area contributed by atoms with Crippen LogP contribution in [0.25, 0.3) is 0 Å². The first kappa shape index (κ1) is 18.2. The van der Waals surface area contributed by atoms with Crippen LogP contribution in [0.3, 0.4) is 0 Å². The third kappa shape index (κ3) is 2.55. The first-order valence-electron chi connectivity index (χ1n) is 10.6. The fourth-order valence-corrected chi connectivity index (χ4v) is 7.16. The molecule has 8 atom stereocenters. The maximum absolute atomic E-state index is 15.8. The molecule has 0 aromatic heterocycles. The Morgan fingerprint density at radius 2 is 1.82 bits per heavy atom. The molecule has 3 heteroatoms. The molecule has 3 aliphatic carbocycles. The van der Waals surface area contributed by atoms with Gasteiger partial charge in [-0.2, -0.15) is 0 Å². The van der Waals surface area contributed by atoms with Gasteiger partial charge in [-0.15, -0.1) is 0 Å². The van der Waals surface area contributed by atoms with Crippen LogP contribution < -0.4 is 0 Å². The van der Waals surface area contributed by atoms with Crippen LogP contribution >= 0.6 is 0 Å².